The van der Waals surface area contributed by atoms with Gasteiger partial charge in [-0.05, 0) is 155 Å². The fraction of sp³-hybridized carbons (Fsp3) is 0.476. The number of tetrazole rings is 1. The molecular weight excluding hydrogens is 665 g/mol. The maximum atomic E-state index is 13.8. The van der Waals surface area contributed by atoms with Crippen LogP contribution in [0.25, 0.3) is 22.5 Å². The van der Waals surface area contributed by atoms with Crippen molar-refractivity contribution in [3.8, 4) is 22.5 Å². The first-order chi connectivity index (χ1) is 25.7. The molecule has 6 rings (SSSR count). The molecule has 4 aromatic rings. The molecule has 2 aliphatic carbocycles. The van der Waals surface area contributed by atoms with Crippen LogP contribution in [0, 0.1) is 24.7 Å². The van der Waals surface area contributed by atoms with Gasteiger partial charge in [0.25, 0.3) is 5.91 Å². The standard InChI is InChI=1S/C42H54N8O3/c1-4-50(3)37-20-18-36(19-21-37)44-41(52)33-15-22-38(27(2)23-33)30-9-5-28(6-10-30)24-34(25-39(51)31-11-7-29(26-43)8-12-31)42(53)45-35-16-13-32(14-17-35)40-46-48-49-47-40/h5-6,9-10,13-17,22-23,29,31,34,36-37H,4,7-8,11-12,18-21,24-26,43H2,1-3H3,(H,44,52)(H,45,53)(H,46,47,48,49)/t29?,31?,34-,36?,37?/m1/s1. The van der Waals surface area contributed by atoms with E-state index in [9.17, 15) is 14.4 Å². The van der Waals surface area contributed by atoms with Gasteiger partial charge in [-0.1, -0.05) is 37.3 Å². The molecule has 280 valence electrons. The number of carbonyl (C=O) groups excluding carboxylic acids is 3. The van der Waals surface area contributed by atoms with E-state index >= 15 is 0 Å². The second-order valence-corrected chi connectivity index (χ2v) is 15.1. The average molecular weight is 719 g/mol. The Bertz CT molecular complexity index is 1810. The molecule has 1 aromatic heterocycles. The van der Waals surface area contributed by atoms with Gasteiger partial charge in [0.1, 0.15) is 5.78 Å². The summed E-state index contributed by atoms with van der Waals surface area (Å²) in [6.45, 7) is 5.93. The normalized spacial score (nSPS) is 20.8. The molecule has 0 saturated heterocycles. The Morgan fingerprint density at radius 2 is 1.60 bits per heavy atom. The molecule has 1 heterocycles. The first kappa shape index (κ1) is 38.0. The molecular formula is C42H54N8O3. The molecule has 2 saturated carbocycles. The number of benzene rings is 3. The zero-order valence-corrected chi connectivity index (χ0v) is 31.3. The molecule has 11 nitrogen and oxygen atoms in total. The Balaban J connectivity index is 1.10. The molecule has 0 spiro atoms. The summed E-state index contributed by atoms with van der Waals surface area (Å²) in [7, 11) is 2.18. The van der Waals surface area contributed by atoms with E-state index in [-0.39, 0.29) is 36.0 Å². The molecule has 2 aliphatic rings. The number of nitrogens with two attached hydrogens (primary N) is 1. The molecule has 2 fully saturated rings. The Hall–Kier alpha value is -4.74. The monoisotopic (exact) mass is 718 g/mol. The first-order valence-electron chi connectivity index (χ1n) is 19.3. The lowest BCUT2D eigenvalue weighted by molar-refractivity contribution is -0.129. The molecule has 3 aromatic carbocycles. The minimum atomic E-state index is -0.528. The number of carbonyl (C=O) groups is 3. The van der Waals surface area contributed by atoms with Gasteiger partial charge in [0.15, 0.2) is 0 Å². The van der Waals surface area contributed by atoms with E-state index in [2.05, 4.69) is 62.3 Å². The molecule has 1 atom stereocenters. The second kappa shape index (κ2) is 17.9. The number of anilines is 1. The van der Waals surface area contributed by atoms with Crippen LogP contribution in [0.1, 0.15) is 86.2 Å². The van der Waals surface area contributed by atoms with Crippen LogP contribution in [-0.2, 0) is 16.0 Å². The molecule has 11 heteroatoms. The number of hydrogen-bond acceptors (Lipinski definition) is 8. The van der Waals surface area contributed by atoms with Gasteiger partial charge >= 0.3 is 0 Å². The van der Waals surface area contributed by atoms with E-state index < -0.39 is 5.92 Å². The van der Waals surface area contributed by atoms with Gasteiger partial charge in [0.05, 0.1) is 0 Å². The Morgan fingerprint density at radius 1 is 0.906 bits per heavy atom. The van der Waals surface area contributed by atoms with Gasteiger partial charge in [0, 0.05) is 47.2 Å². The fourth-order valence-electron chi connectivity index (χ4n) is 8.04. The van der Waals surface area contributed by atoms with Gasteiger partial charge in [0.2, 0.25) is 11.7 Å². The molecule has 5 N–H and O–H groups in total. The van der Waals surface area contributed by atoms with Crippen LogP contribution in [0.3, 0.4) is 0 Å². The summed E-state index contributed by atoms with van der Waals surface area (Å²) in [4.78, 5) is 43.0. The number of aryl methyl sites for hydroxylation is 1. The third-order valence-corrected chi connectivity index (χ3v) is 11.6. The van der Waals surface area contributed by atoms with Crippen LogP contribution >= 0.6 is 0 Å². The number of Topliss-reactive ketones (excluding diaryl/α,β-unsaturated/α-hetero) is 1. The van der Waals surface area contributed by atoms with E-state index in [1.54, 1.807) is 12.1 Å². The zero-order valence-electron chi connectivity index (χ0n) is 31.3. The summed E-state index contributed by atoms with van der Waals surface area (Å²) in [5, 5.41) is 20.4. The number of nitrogens with zero attached hydrogens (tertiary/aromatic N) is 4. The van der Waals surface area contributed by atoms with Crippen LogP contribution in [0.4, 0.5) is 5.69 Å². The molecule has 0 radical (unpaired) electrons. The van der Waals surface area contributed by atoms with Crippen LogP contribution < -0.4 is 16.4 Å². The lowest BCUT2D eigenvalue weighted by Gasteiger charge is -2.34. The van der Waals surface area contributed by atoms with Crippen molar-refractivity contribution in [1.29, 1.82) is 0 Å². The van der Waals surface area contributed by atoms with Gasteiger partial charge in [-0.3, -0.25) is 14.4 Å². The van der Waals surface area contributed by atoms with Gasteiger partial charge in [-0.15, -0.1) is 10.2 Å². The highest BCUT2D eigenvalue weighted by molar-refractivity contribution is 5.96. The lowest BCUT2D eigenvalue weighted by atomic mass is 9.77. The summed E-state index contributed by atoms with van der Waals surface area (Å²) < 4.78 is 0. The van der Waals surface area contributed by atoms with Crippen molar-refractivity contribution in [3.05, 3.63) is 83.4 Å². The summed E-state index contributed by atoms with van der Waals surface area (Å²) in [6.07, 6.45) is 8.44. The lowest BCUT2D eigenvalue weighted by Crippen LogP contribution is -2.42. The Morgan fingerprint density at radius 3 is 2.23 bits per heavy atom. The number of ketones is 1. The van der Waals surface area contributed by atoms with E-state index in [4.69, 9.17) is 5.73 Å². The Kier molecular flexibility index (Phi) is 12.8. The van der Waals surface area contributed by atoms with Crippen molar-refractivity contribution in [3.63, 3.8) is 0 Å². The largest absolute Gasteiger partial charge is 0.349 e. The number of aromatic amines is 1. The second-order valence-electron chi connectivity index (χ2n) is 15.1. The maximum absolute atomic E-state index is 13.8. The van der Waals surface area contributed by atoms with Crippen molar-refractivity contribution in [2.75, 3.05) is 25.5 Å². The first-order valence-corrected chi connectivity index (χ1v) is 19.3. The van der Waals surface area contributed by atoms with Crippen LogP contribution in [-0.4, -0.2) is 75.3 Å². The van der Waals surface area contributed by atoms with E-state index in [0.717, 1.165) is 85.7 Å². The predicted octanol–water partition coefficient (Wildman–Crippen LogP) is 6.36. The number of aromatic nitrogens is 4. The third kappa shape index (κ3) is 9.83. The van der Waals surface area contributed by atoms with Crippen molar-refractivity contribution in [2.24, 2.45) is 23.5 Å². The van der Waals surface area contributed by atoms with Crippen molar-refractivity contribution >= 4 is 23.3 Å². The molecule has 53 heavy (non-hydrogen) atoms. The zero-order chi connectivity index (χ0) is 37.3. The highest BCUT2D eigenvalue weighted by Gasteiger charge is 2.30. The number of hydrogen-bond donors (Lipinski definition) is 4. The smallest absolute Gasteiger partial charge is 0.251 e. The highest BCUT2D eigenvalue weighted by Crippen LogP contribution is 2.32. The fourth-order valence-corrected chi connectivity index (χ4v) is 8.04. The maximum Gasteiger partial charge on any atom is 0.251 e. The molecule has 0 bridgehead atoms. The molecule has 0 aliphatic heterocycles. The van der Waals surface area contributed by atoms with Crippen molar-refractivity contribution in [2.45, 2.75) is 90.1 Å². The molecule has 0 unspecified atom stereocenters. The quantitative estimate of drug-likeness (QED) is 0.117. The van der Waals surface area contributed by atoms with Gasteiger partial charge in [-0.2, -0.15) is 5.21 Å². The molecule has 2 amide bonds. The van der Waals surface area contributed by atoms with E-state index in [0.29, 0.717) is 42.0 Å². The summed E-state index contributed by atoms with van der Waals surface area (Å²) in [6, 6.07) is 22.2. The number of rotatable bonds is 14. The SMILES string of the molecule is CCN(C)C1CCC(NC(=O)c2ccc(-c3ccc(C[C@H](CC(=O)C4CCC(CN)CC4)C(=O)Nc4ccc(-c5nn[nH]n5)cc4)cc3)c(C)c2)CC1. The van der Waals surface area contributed by atoms with Gasteiger partial charge < -0.3 is 21.3 Å². The minimum Gasteiger partial charge on any atom is -0.349 e. The van der Waals surface area contributed by atoms with E-state index in [1.165, 1.54) is 0 Å². The van der Waals surface area contributed by atoms with Crippen molar-refractivity contribution in [1.82, 2.24) is 30.8 Å². The van der Waals surface area contributed by atoms with Gasteiger partial charge in [-0.25, -0.2) is 0 Å². The topological polar surface area (TPSA) is 159 Å². The summed E-state index contributed by atoms with van der Waals surface area (Å²) in [5.41, 5.74) is 12.1. The van der Waals surface area contributed by atoms with Crippen LogP contribution in [0.5, 0.6) is 0 Å². The number of nitrogens with one attached hydrogen (secondary N) is 3. The third-order valence-electron chi connectivity index (χ3n) is 11.6. The number of H-pyrrole nitrogens is 1. The summed E-state index contributed by atoms with van der Waals surface area (Å²) >= 11 is 0. The van der Waals surface area contributed by atoms with E-state index in [1.807, 2.05) is 49.4 Å². The van der Waals surface area contributed by atoms with Crippen molar-refractivity contribution < 1.29 is 14.4 Å². The predicted molar refractivity (Wildman–Crippen MR) is 208 cm³/mol. The Labute approximate surface area is 312 Å². The van der Waals surface area contributed by atoms with Crippen LogP contribution in [0.2, 0.25) is 0 Å². The summed E-state index contributed by atoms with van der Waals surface area (Å²) in [5.74, 6) is 0.348. The number of amides is 2. The minimum absolute atomic E-state index is 0.0171. The average Bonchev–Trinajstić information content (AvgIpc) is 3.73. The highest BCUT2D eigenvalue weighted by atomic mass is 16.2. The van der Waals surface area contributed by atoms with Crippen LogP contribution in [0.15, 0.2) is 66.7 Å².